The highest BCUT2D eigenvalue weighted by Crippen LogP contribution is 2.33. The Bertz CT molecular complexity index is 2210. The molecule has 2 atom stereocenters. The number of hydrogen-bond acceptors (Lipinski definition) is 8. The van der Waals surface area contributed by atoms with Crippen LogP contribution in [0.5, 0.6) is 0 Å². The Morgan fingerprint density at radius 3 is 2.36 bits per heavy atom. The summed E-state index contributed by atoms with van der Waals surface area (Å²) in [5.41, 5.74) is 4.91. The number of ether oxygens (including phenoxy) is 4. The summed E-state index contributed by atoms with van der Waals surface area (Å²) < 4.78 is 22.5. The van der Waals surface area contributed by atoms with Crippen molar-refractivity contribution in [3.63, 3.8) is 0 Å². The Hall–Kier alpha value is -7.04. The van der Waals surface area contributed by atoms with Crippen LogP contribution in [-0.4, -0.2) is 81.1 Å². The molecule has 0 saturated carbocycles. The second-order valence-electron chi connectivity index (χ2n) is 15.4. The smallest absolute Gasteiger partial charge is 0.258 e. The van der Waals surface area contributed by atoms with Gasteiger partial charge in [-0.25, -0.2) is 0 Å². The van der Waals surface area contributed by atoms with Crippen LogP contribution in [0.1, 0.15) is 87.0 Å². The molecule has 0 aromatic rings. The molecule has 2 unspecified atom stereocenters. The van der Waals surface area contributed by atoms with Crippen molar-refractivity contribution in [2.45, 2.75) is 98.6 Å². The summed E-state index contributed by atoms with van der Waals surface area (Å²) in [4.78, 5) is 35.8. The molecule has 0 spiro atoms. The fraction of sp³-hybridized carbons (Fsp3) is 0.357. The van der Waals surface area contributed by atoms with Crippen molar-refractivity contribution < 1.29 is 28.5 Å². The van der Waals surface area contributed by atoms with Gasteiger partial charge in [0, 0.05) is 79.5 Å². The lowest BCUT2D eigenvalue weighted by Crippen LogP contribution is -2.45. The first-order chi connectivity index (χ1) is 31.7. The van der Waals surface area contributed by atoms with Crippen molar-refractivity contribution in [3.8, 4) is 23.7 Å². The molecule has 2 heterocycles. The SMILES string of the molecule is C=C(C#CCC1=CN(C=O)C(C)C1)/C=C\C=C/C.C=C/C=C\C/C(C#CC1=CN(C(=O)C2=CCC=C(OCCCO/C(=C/C)C(=C)OC)C(OC)=C2)C(C)(C=NC)C1)=C\C.C=NC=C(C)C. The number of aliphatic imine (C=N–C) groups is 2. The van der Waals surface area contributed by atoms with Crippen LogP contribution < -0.4 is 0 Å². The number of carbonyl (C=O) groups is 2. The van der Waals surface area contributed by atoms with Crippen LogP contribution in [-0.2, 0) is 28.5 Å². The number of hydrogen-bond donors (Lipinski definition) is 0. The van der Waals surface area contributed by atoms with E-state index in [-0.39, 0.29) is 11.9 Å². The number of amides is 2. The van der Waals surface area contributed by atoms with E-state index in [4.69, 9.17) is 18.9 Å². The van der Waals surface area contributed by atoms with Gasteiger partial charge in [-0.3, -0.25) is 19.6 Å². The minimum Gasteiger partial charge on any atom is -0.494 e. The van der Waals surface area contributed by atoms with Crippen LogP contribution >= 0.6 is 0 Å². The maximum absolute atomic E-state index is 13.9. The van der Waals surface area contributed by atoms with Crippen molar-refractivity contribution in [1.82, 2.24) is 9.80 Å². The minimum absolute atomic E-state index is 0.163. The molecule has 66 heavy (non-hydrogen) atoms. The third-order valence-corrected chi connectivity index (χ3v) is 9.61. The van der Waals surface area contributed by atoms with Crippen molar-refractivity contribution >= 4 is 25.2 Å². The lowest BCUT2D eigenvalue weighted by atomic mass is 9.96. The predicted molar refractivity (Wildman–Crippen MR) is 275 cm³/mol. The zero-order valence-electron chi connectivity index (χ0n) is 41.1. The molecule has 0 aromatic heterocycles. The van der Waals surface area contributed by atoms with Gasteiger partial charge < -0.3 is 28.7 Å². The van der Waals surface area contributed by atoms with Crippen LogP contribution in [0.15, 0.2) is 178 Å². The lowest BCUT2D eigenvalue weighted by Gasteiger charge is -2.31. The van der Waals surface area contributed by atoms with E-state index in [1.807, 2.05) is 122 Å². The van der Waals surface area contributed by atoms with Gasteiger partial charge in [0.05, 0.1) is 33.0 Å². The second kappa shape index (κ2) is 32.6. The van der Waals surface area contributed by atoms with Crippen LogP contribution in [0.4, 0.5) is 0 Å². The summed E-state index contributed by atoms with van der Waals surface area (Å²) in [5.74, 6) is 14.6. The fourth-order valence-corrected chi connectivity index (χ4v) is 6.26. The molecule has 0 fully saturated rings. The van der Waals surface area contributed by atoms with Gasteiger partial charge in [-0.15, -0.1) is 0 Å². The van der Waals surface area contributed by atoms with Gasteiger partial charge in [0.15, 0.2) is 23.0 Å². The Labute approximate surface area is 396 Å². The number of allylic oxidation sites excluding steroid dienone is 14. The largest absolute Gasteiger partial charge is 0.494 e. The Morgan fingerprint density at radius 2 is 1.79 bits per heavy atom. The summed E-state index contributed by atoms with van der Waals surface area (Å²) in [6.45, 7) is 29.3. The Balaban J connectivity index is 0.000000742. The standard InChI is InChI=1S/C35H44N2O5.C16H19NO.C5H9N/c1-9-12-13-16-28(10-2)19-20-29-24-35(5,26-36-6)37(25-29)34(38)30-17-14-18-32(33(23-30)40-8)42-22-15-21-41-31(11-3)27(4)39-7;1-4-5-6-8-14(2)9-7-10-16-11-15(3)17(12-16)13-18;1-5(2)4-6-3/h9-13,17-18,23,25-26H,1,4,14-16,21-22,24H2,2-3,5-8H3;4-6,8,12-13,15H,2,10-11H2,1,3H3;4H,3H2,1-2H3/b13-12-,28-10+,31-11+,36-26?;5-4-,8-6-;. The first-order valence-corrected chi connectivity index (χ1v) is 21.9. The van der Waals surface area contributed by atoms with Gasteiger partial charge in [-0.05, 0) is 104 Å². The van der Waals surface area contributed by atoms with Crippen molar-refractivity contribution in [2.24, 2.45) is 9.98 Å². The van der Waals surface area contributed by atoms with E-state index >= 15 is 0 Å². The molecular weight excluding hydrogens is 825 g/mol. The van der Waals surface area contributed by atoms with E-state index in [2.05, 4.69) is 60.1 Å². The molecule has 3 aliphatic rings. The summed E-state index contributed by atoms with van der Waals surface area (Å²) >= 11 is 0. The number of nitrogens with zero attached hydrogens (tertiary/aromatic N) is 4. The first-order valence-electron chi connectivity index (χ1n) is 21.9. The van der Waals surface area contributed by atoms with Gasteiger partial charge >= 0.3 is 0 Å². The molecule has 0 N–H and O–H groups in total. The average molecular weight is 897 g/mol. The zero-order valence-corrected chi connectivity index (χ0v) is 41.1. The number of methoxy groups -OCH3 is 2. The molecule has 352 valence electrons. The lowest BCUT2D eigenvalue weighted by molar-refractivity contribution is -0.126. The maximum atomic E-state index is 13.9. The first kappa shape index (κ1) is 57.0. The van der Waals surface area contributed by atoms with Gasteiger partial charge in [0.25, 0.3) is 5.91 Å². The molecule has 0 saturated heterocycles. The van der Waals surface area contributed by atoms with E-state index in [1.165, 1.54) is 11.1 Å². The molecule has 10 heteroatoms. The highest BCUT2D eigenvalue weighted by molar-refractivity contribution is 6.00. The molecule has 2 amide bonds. The van der Waals surface area contributed by atoms with E-state index < -0.39 is 5.54 Å². The molecule has 3 rings (SSSR count). The number of carbonyl (C=O) groups excluding carboxylic acids is 2. The normalized spacial score (nSPS) is 18.0. The van der Waals surface area contributed by atoms with Crippen LogP contribution in [0.25, 0.3) is 0 Å². The second-order valence-corrected chi connectivity index (χ2v) is 15.4. The molecule has 10 nitrogen and oxygen atoms in total. The predicted octanol–water partition coefficient (Wildman–Crippen LogP) is 11.7. The van der Waals surface area contributed by atoms with Crippen LogP contribution in [0.3, 0.4) is 0 Å². The Morgan fingerprint density at radius 1 is 1.03 bits per heavy atom. The molecule has 2 aliphatic heterocycles. The van der Waals surface area contributed by atoms with Crippen molar-refractivity contribution in [1.29, 1.82) is 0 Å². The van der Waals surface area contributed by atoms with Gasteiger partial charge in [0.1, 0.15) is 0 Å². The van der Waals surface area contributed by atoms with Crippen molar-refractivity contribution in [2.75, 3.05) is 34.5 Å². The minimum atomic E-state index is -0.643. The topological polar surface area (TPSA) is 102 Å². The maximum Gasteiger partial charge on any atom is 0.258 e. The summed E-state index contributed by atoms with van der Waals surface area (Å²) in [5, 5.41) is 0. The molecule has 0 aromatic carbocycles. The van der Waals surface area contributed by atoms with Crippen LogP contribution in [0.2, 0.25) is 0 Å². The van der Waals surface area contributed by atoms with Gasteiger partial charge in [0.2, 0.25) is 6.41 Å². The van der Waals surface area contributed by atoms with E-state index in [0.29, 0.717) is 67.5 Å². The van der Waals surface area contributed by atoms with Crippen molar-refractivity contribution in [3.05, 3.63) is 168 Å². The summed E-state index contributed by atoms with van der Waals surface area (Å²) in [7, 11) is 4.83. The molecule has 0 radical (unpaired) electrons. The van der Waals surface area contributed by atoms with E-state index in [0.717, 1.165) is 36.0 Å². The average Bonchev–Trinajstić information content (AvgIpc) is 3.75. The molecule has 0 bridgehead atoms. The van der Waals surface area contributed by atoms with E-state index in [1.54, 1.807) is 55.6 Å². The third kappa shape index (κ3) is 21.1. The molecule has 1 aliphatic carbocycles. The highest BCUT2D eigenvalue weighted by Gasteiger charge is 2.39. The number of rotatable bonds is 19. The highest BCUT2D eigenvalue weighted by atomic mass is 16.5. The van der Waals surface area contributed by atoms with E-state index in [9.17, 15) is 9.59 Å². The summed E-state index contributed by atoms with van der Waals surface area (Å²) in [6.07, 6.45) is 34.8. The summed E-state index contributed by atoms with van der Waals surface area (Å²) in [6, 6.07) is 0.261. The quantitative estimate of drug-likeness (QED) is 0.0320. The molecular formula is C56H72N4O6. The zero-order chi connectivity index (χ0) is 49.3. The fourth-order valence-electron chi connectivity index (χ4n) is 6.26. The Kier molecular flexibility index (Phi) is 28.1. The van der Waals surface area contributed by atoms with Gasteiger partial charge in [-0.2, -0.15) is 0 Å². The monoisotopic (exact) mass is 897 g/mol. The van der Waals surface area contributed by atoms with Crippen LogP contribution in [0, 0.1) is 23.7 Å². The van der Waals surface area contributed by atoms with Gasteiger partial charge in [-0.1, -0.05) is 97.6 Å². The third-order valence-electron chi connectivity index (χ3n) is 9.61.